The van der Waals surface area contributed by atoms with E-state index in [1.165, 1.54) is 0 Å². The highest BCUT2D eigenvalue weighted by Crippen LogP contribution is 2.20. The Bertz CT molecular complexity index is 736. The first-order chi connectivity index (χ1) is 12.1. The SMILES string of the molecule is O=C(NC1(C(=O)O)CCOC1)c1ccc(COc2ccccc2)cc1. The zero-order valence-corrected chi connectivity index (χ0v) is 13.6. The molecular formula is C19H19NO5. The molecule has 0 aliphatic carbocycles. The van der Waals surface area contributed by atoms with Crippen LogP contribution in [-0.2, 0) is 16.1 Å². The second-order valence-corrected chi connectivity index (χ2v) is 5.94. The van der Waals surface area contributed by atoms with E-state index in [-0.39, 0.29) is 13.0 Å². The number of carboxylic acid groups (broad SMARTS) is 1. The number of aliphatic carboxylic acids is 1. The zero-order valence-electron chi connectivity index (χ0n) is 13.6. The Hall–Kier alpha value is -2.86. The molecule has 25 heavy (non-hydrogen) atoms. The predicted molar refractivity (Wildman–Crippen MR) is 90.5 cm³/mol. The van der Waals surface area contributed by atoms with E-state index >= 15 is 0 Å². The van der Waals surface area contributed by atoms with Crippen LogP contribution in [0.4, 0.5) is 0 Å². The van der Waals surface area contributed by atoms with Gasteiger partial charge in [0, 0.05) is 18.6 Å². The third kappa shape index (κ3) is 3.97. The van der Waals surface area contributed by atoms with Crippen molar-refractivity contribution in [2.24, 2.45) is 0 Å². The van der Waals surface area contributed by atoms with Crippen LogP contribution in [0, 0.1) is 0 Å². The first-order valence-corrected chi connectivity index (χ1v) is 7.99. The third-order valence-electron chi connectivity index (χ3n) is 4.15. The van der Waals surface area contributed by atoms with Crippen LogP contribution in [-0.4, -0.2) is 35.7 Å². The number of hydrogen-bond acceptors (Lipinski definition) is 4. The lowest BCUT2D eigenvalue weighted by atomic mass is 9.98. The molecule has 1 aliphatic heterocycles. The number of carbonyl (C=O) groups is 2. The molecule has 3 rings (SSSR count). The smallest absolute Gasteiger partial charge is 0.331 e. The van der Waals surface area contributed by atoms with Gasteiger partial charge in [-0.05, 0) is 29.8 Å². The summed E-state index contributed by atoms with van der Waals surface area (Å²) < 4.78 is 10.8. The Kier molecular flexibility index (Phi) is 5.00. The molecule has 1 heterocycles. The van der Waals surface area contributed by atoms with Crippen molar-refractivity contribution in [2.75, 3.05) is 13.2 Å². The molecule has 2 aromatic rings. The van der Waals surface area contributed by atoms with E-state index in [4.69, 9.17) is 9.47 Å². The molecule has 0 aromatic heterocycles. The average Bonchev–Trinajstić information content (AvgIpc) is 3.11. The summed E-state index contributed by atoms with van der Waals surface area (Å²) in [6.45, 7) is 0.693. The van der Waals surface area contributed by atoms with Crippen LogP contribution in [0.5, 0.6) is 5.75 Å². The number of amides is 1. The summed E-state index contributed by atoms with van der Waals surface area (Å²) in [5.74, 6) is -0.733. The van der Waals surface area contributed by atoms with Crippen LogP contribution in [0.3, 0.4) is 0 Å². The van der Waals surface area contributed by atoms with Crippen molar-refractivity contribution < 1.29 is 24.2 Å². The van der Waals surface area contributed by atoms with Crippen molar-refractivity contribution in [3.63, 3.8) is 0 Å². The molecule has 1 fully saturated rings. The van der Waals surface area contributed by atoms with Crippen molar-refractivity contribution in [1.82, 2.24) is 5.32 Å². The zero-order chi connectivity index (χ0) is 17.7. The highest BCUT2D eigenvalue weighted by molar-refractivity contribution is 5.98. The molecule has 6 nitrogen and oxygen atoms in total. The summed E-state index contributed by atoms with van der Waals surface area (Å²) in [5.41, 5.74) is -0.0276. The van der Waals surface area contributed by atoms with Crippen LogP contribution in [0.15, 0.2) is 54.6 Å². The summed E-state index contributed by atoms with van der Waals surface area (Å²) >= 11 is 0. The molecule has 0 bridgehead atoms. The molecule has 0 saturated carbocycles. The van der Waals surface area contributed by atoms with E-state index in [0.29, 0.717) is 18.8 Å². The van der Waals surface area contributed by atoms with Crippen molar-refractivity contribution >= 4 is 11.9 Å². The highest BCUT2D eigenvalue weighted by atomic mass is 16.5. The Morgan fingerprint density at radius 3 is 2.44 bits per heavy atom. The van der Waals surface area contributed by atoms with Gasteiger partial charge < -0.3 is 19.9 Å². The normalized spacial score (nSPS) is 19.4. The summed E-state index contributed by atoms with van der Waals surface area (Å²) in [6.07, 6.45) is 0.261. The van der Waals surface area contributed by atoms with Gasteiger partial charge in [0.05, 0.1) is 6.61 Å². The fourth-order valence-electron chi connectivity index (χ4n) is 2.61. The molecule has 6 heteroatoms. The Labute approximate surface area is 145 Å². The minimum atomic E-state index is -1.34. The number of nitrogens with one attached hydrogen (secondary N) is 1. The van der Waals surface area contributed by atoms with E-state index in [2.05, 4.69) is 5.32 Å². The van der Waals surface area contributed by atoms with Gasteiger partial charge >= 0.3 is 5.97 Å². The third-order valence-corrected chi connectivity index (χ3v) is 4.15. The van der Waals surface area contributed by atoms with E-state index in [0.717, 1.165) is 11.3 Å². The van der Waals surface area contributed by atoms with Gasteiger partial charge in [-0.25, -0.2) is 4.79 Å². The molecule has 1 amide bonds. The van der Waals surface area contributed by atoms with Crippen molar-refractivity contribution in [3.05, 3.63) is 65.7 Å². The molecule has 1 saturated heterocycles. The van der Waals surface area contributed by atoms with E-state index in [1.807, 2.05) is 30.3 Å². The molecule has 130 valence electrons. The number of carboxylic acids is 1. The maximum absolute atomic E-state index is 12.3. The maximum Gasteiger partial charge on any atom is 0.331 e. The van der Waals surface area contributed by atoms with Gasteiger partial charge in [-0.15, -0.1) is 0 Å². The second kappa shape index (κ2) is 7.36. The number of para-hydroxylation sites is 1. The highest BCUT2D eigenvalue weighted by Gasteiger charge is 2.44. The van der Waals surface area contributed by atoms with Gasteiger partial charge in [-0.1, -0.05) is 30.3 Å². The number of rotatable bonds is 6. The van der Waals surface area contributed by atoms with Gasteiger partial charge in [-0.2, -0.15) is 0 Å². The molecule has 0 spiro atoms. The number of hydrogen-bond donors (Lipinski definition) is 2. The van der Waals surface area contributed by atoms with Crippen LogP contribution in [0.25, 0.3) is 0 Å². The van der Waals surface area contributed by atoms with E-state index < -0.39 is 17.4 Å². The molecule has 1 unspecified atom stereocenters. The molecule has 2 N–H and O–H groups in total. The largest absolute Gasteiger partial charge is 0.489 e. The van der Waals surface area contributed by atoms with E-state index in [1.54, 1.807) is 24.3 Å². The summed E-state index contributed by atoms with van der Waals surface area (Å²) in [5, 5.41) is 12.0. The van der Waals surface area contributed by atoms with Crippen molar-refractivity contribution in [1.29, 1.82) is 0 Å². The molecule has 1 atom stereocenters. The number of carbonyl (C=O) groups excluding carboxylic acids is 1. The predicted octanol–water partition coefficient (Wildman–Crippen LogP) is 2.24. The standard InChI is InChI=1S/C19H19NO5/c21-17(20-19(18(22)23)10-11-24-13-19)15-8-6-14(7-9-15)12-25-16-4-2-1-3-5-16/h1-9H,10-13H2,(H,20,21)(H,22,23). The van der Waals surface area contributed by atoms with Crippen LogP contribution in [0.1, 0.15) is 22.3 Å². The summed E-state index contributed by atoms with van der Waals surface area (Å²) in [7, 11) is 0. The van der Waals surface area contributed by atoms with Crippen molar-refractivity contribution in [2.45, 2.75) is 18.6 Å². The van der Waals surface area contributed by atoms with Crippen LogP contribution in [0.2, 0.25) is 0 Å². The summed E-state index contributed by atoms with van der Waals surface area (Å²) in [4.78, 5) is 23.8. The Morgan fingerprint density at radius 2 is 1.84 bits per heavy atom. The lowest BCUT2D eigenvalue weighted by Gasteiger charge is -2.23. The van der Waals surface area contributed by atoms with Gasteiger partial charge in [-0.3, -0.25) is 4.79 Å². The van der Waals surface area contributed by atoms with Crippen LogP contribution < -0.4 is 10.1 Å². The monoisotopic (exact) mass is 341 g/mol. The van der Waals surface area contributed by atoms with Gasteiger partial charge in [0.2, 0.25) is 0 Å². The van der Waals surface area contributed by atoms with Crippen molar-refractivity contribution in [3.8, 4) is 5.75 Å². The van der Waals surface area contributed by atoms with Gasteiger partial charge in [0.15, 0.2) is 5.54 Å². The van der Waals surface area contributed by atoms with Crippen LogP contribution >= 0.6 is 0 Å². The molecule has 2 aromatic carbocycles. The first kappa shape index (κ1) is 17.0. The number of benzene rings is 2. The molecule has 0 radical (unpaired) electrons. The first-order valence-electron chi connectivity index (χ1n) is 7.99. The molecular weight excluding hydrogens is 322 g/mol. The number of ether oxygens (including phenoxy) is 2. The summed E-state index contributed by atoms with van der Waals surface area (Å²) in [6, 6.07) is 16.3. The minimum Gasteiger partial charge on any atom is -0.489 e. The Balaban J connectivity index is 1.61. The average molecular weight is 341 g/mol. The van der Waals surface area contributed by atoms with Gasteiger partial charge in [0.1, 0.15) is 12.4 Å². The van der Waals surface area contributed by atoms with Gasteiger partial charge in [0.25, 0.3) is 5.91 Å². The van der Waals surface area contributed by atoms with E-state index in [9.17, 15) is 14.7 Å². The fourth-order valence-corrected chi connectivity index (χ4v) is 2.61. The lowest BCUT2D eigenvalue weighted by Crippen LogP contribution is -2.55. The fraction of sp³-hybridized carbons (Fsp3) is 0.263. The topological polar surface area (TPSA) is 84.9 Å². The Morgan fingerprint density at radius 1 is 1.12 bits per heavy atom. The lowest BCUT2D eigenvalue weighted by molar-refractivity contribution is -0.144. The quantitative estimate of drug-likeness (QED) is 0.842. The second-order valence-electron chi connectivity index (χ2n) is 5.94. The molecule has 1 aliphatic rings. The minimum absolute atomic E-state index is 0.0168. The maximum atomic E-state index is 12.3.